The minimum atomic E-state index is -3.73. The van der Waals surface area contributed by atoms with E-state index in [1.165, 1.54) is 25.2 Å². The Kier molecular flexibility index (Phi) is 12.7. The molecule has 11 nitrogen and oxygen atoms in total. The molecule has 1 aliphatic heterocycles. The van der Waals surface area contributed by atoms with Gasteiger partial charge in [0, 0.05) is 43.5 Å². The Morgan fingerprint density at radius 3 is 2.12 bits per heavy atom. The van der Waals surface area contributed by atoms with Gasteiger partial charge in [0.2, 0.25) is 10.0 Å². The molecule has 4 N–H and O–H groups in total. The standard InChI is InChI=1S/C40H48N4O7S/c1-28(30-14-9-6-10-15-30)42-38(46)31-23-32(25-34(24-31)44(2)52(4,48)49)39(47)43-36(22-29-12-7-5-8-13-29)37(45)27-41-40(18-20-51-21-19-40)33-16-11-17-35(26-33)50-3/h5-17,23-26,28,36-37,41,45H,18-22,27H2,1-4H3,(H,42,46)(H,43,47)/t28-,36+,37-/m1/s1. The van der Waals surface area contributed by atoms with E-state index in [1.54, 1.807) is 7.11 Å². The first kappa shape index (κ1) is 38.5. The Morgan fingerprint density at radius 1 is 0.885 bits per heavy atom. The quantitative estimate of drug-likeness (QED) is 0.139. The SMILES string of the molecule is COc1cccc(C2(NC[C@@H](O)[C@H](Cc3ccccc3)NC(=O)c3cc(C(=O)N[C@H](C)c4ccccc4)cc(N(C)S(C)(=O)=O)c3)CCOCC2)c1. The van der Waals surface area contributed by atoms with Crippen molar-refractivity contribution < 1.29 is 32.6 Å². The van der Waals surface area contributed by atoms with Crippen LogP contribution in [-0.4, -0.2) is 77.7 Å². The highest BCUT2D eigenvalue weighted by atomic mass is 32.2. The lowest BCUT2D eigenvalue weighted by molar-refractivity contribution is 0.0266. The number of sulfonamides is 1. The van der Waals surface area contributed by atoms with Gasteiger partial charge in [0.15, 0.2) is 0 Å². The Morgan fingerprint density at radius 2 is 1.50 bits per heavy atom. The molecule has 0 aromatic heterocycles. The van der Waals surface area contributed by atoms with Gasteiger partial charge < -0.3 is 30.5 Å². The summed E-state index contributed by atoms with van der Waals surface area (Å²) in [6, 6.07) is 30.0. The maximum atomic E-state index is 14.1. The zero-order valence-electron chi connectivity index (χ0n) is 30.0. The molecule has 1 aliphatic rings. The van der Waals surface area contributed by atoms with E-state index in [-0.39, 0.29) is 29.4 Å². The topological polar surface area (TPSA) is 146 Å². The molecule has 0 bridgehead atoms. The van der Waals surface area contributed by atoms with Gasteiger partial charge in [0.25, 0.3) is 11.8 Å². The highest BCUT2D eigenvalue weighted by Gasteiger charge is 2.36. The fraction of sp³-hybridized carbons (Fsp3) is 0.350. The number of ether oxygens (including phenoxy) is 2. The molecule has 0 radical (unpaired) electrons. The van der Waals surface area contributed by atoms with Crippen LogP contribution < -0.4 is 25.0 Å². The van der Waals surface area contributed by atoms with Crippen molar-refractivity contribution in [3.8, 4) is 5.75 Å². The molecule has 0 saturated carbocycles. The second kappa shape index (κ2) is 17.2. The Balaban J connectivity index is 1.42. The van der Waals surface area contributed by atoms with E-state index in [0.717, 1.165) is 33.0 Å². The number of carbonyl (C=O) groups is 2. The molecule has 52 heavy (non-hydrogen) atoms. The molecular weight excluding hydrogens is 681 g/mol. The number of methoxy groups -OCH3 is 1. The minimum absolute atomic E-state index is 0.0704. The van der Waals surface area contributed by atoms with Crippen LogP contribution in [0.2, 0.25) is 0 Å². The first-order valence-corrected chi connectivity index (χ1v) is 19.2. The smallest absolute Gasteiger partial charge is 0.251 e. The van der Waals surface area contributed by atoms with Crippen LogP contribution >= 0.6 is 0 Å². The van der Waals surface area contributed by atoms with Crippen molar-refractivity contribution in [3.63, 3.8) is 0 Å². The van der Waals surface area contributed by atoms with E-state index in [0.29, 0.717) is 32.5 Å². The van der Waals surface area contributed by atoms with Crippen LogP contribution in [0, 0.1) is 0 Å². The van der Waals surface area contributed by atoms with Gasteiger partial charge in [-0.05, 0) is 73.2 Å². The minimum Gasteiger partial charge on any atom is -0.497 e. The summed E-state index contributed by atoms with van der Waals surface area (Å²) in [5, 5.41) is 21.3. The zero-order valence-corrected chi connectivity index (χ0v) is 30.9. The number of carbonyl (C=O) groups excluding carboxylic acids is 2. The molecule has 4 aromatic rings. The number of amides is 2. The van der Waals surface area contributed by atoms with Crippen LogP contribution in [0.4, 0.5) is 5.69 Å². The van der Waals surface area contributed by atoms with Gasteiger partial charge >= 0.3 is 0 Å². The van der Waals surface area contributed by atoms with Crippen LogP contribution in [0.5, 0.6) is 5.75 Å². The zero-order chi connectivity index (χ0) is 37.3. The molecule has 1 heterocycles. The molecule has 276 valence electrons. The van der Waals surface area contributed by atoms with Gasteiger partial charge in [0.1, 0.15) is 5.75 Å². The Bertz CT molecular complexity index is 1920. The van der Waals surface area contributed by atoms with Gasteiger partial charge in [-0.1, -0.05) is 72.8 Å². The maximum Gasteiger partial charge on any atom is 0.251 e. The van der Waals surface area contributed by atoms with Gasteiger partial charge in [-0.3, -0.25) is 13.9 Å². The number of benzene rings is 4. The van der Waals surface area contributed by atoms with Gasteiger partial charge in [0.05, 0.1) is 37.2 Å². The summed E-state index contributed by atoms with van der Waals surface area (Å²) >= 11 is 0. The van der Waals surface area contributed by atoms with Gasteiger partial charge in [-0.15, -0.1) is 0 Å². The van der Waals surface area contributed by atoms with Crippen LogP contribution in [0.25, 0.3) is 0 Å². The molecule has 1 saturated heterocycles. The highest BCUT2D eigenvalue weighted by Crippen LogP contribution is 2.34. The second-order valence-electron chi connectivity index (χ2n) is 13.2. The third-order valence-corrected chi connectivity index (χ3v) is 10.9. The first-order chi connectivity index (χ1) is 24.9. The lowest BCUT2D eigenvalue weighted by Gasteiger charge is -2.40. The summed E-state index contributed by atoms with van der Waals surface area (Å²) in [5.41, 5.74) is 2.65. The van der Waals surface area contributed by atoms with Crippen molar-refractivity contribution in [2.45, 2.75) is 49.9 Å². The molecule has 0 unspecified atom stereocenters. The first-order valence-electron chi connectivity index (χ1n) is 17.3. The van der Waals surface area contributed by atoms with Crippen molar-refractivity contribution >= 4 is 27.5 Å². The molecule has 12 heteroatoms. The van der Waals surface area contributed by atoms with Gasteiger partial charge in [-0.25, -0.2) is 8.42 Å². The predicted molar refractivity (Wildman–Crippen MR) is 202 cm³/mol. The van der Waals surface area contributed by atoms with Crippen LogP contribution in [-0.2, 0) is 26.7 Å². The molecule has 0 spiro atoms. The Hall–Kier alpha value is -4.75. The Labute approximate surface area is 306 Å². The number of aliphatic hydroxyl groups is 1. The van der Waals surface area contributed by atoms with Crippen molar-refractivity contribution in [1.82, 2.24) is 16.0 Å². The summed E-state index contributed by atoms with van der Waals surface area (Å²) in [4.78, 5) is 27.6. The summed E-state index contributed by atoms with van der Waals surface area (Å²) < 4.78 is 37.3. The molecule has 1 fully saturated rings. The number of anilines is 1. The summed E-state index contributed by atoms with van der Waals surface area (Å²) in [5.74, 6) is -0.313. The van der Waals surface area contributed by atoms with E-state index in [9.17, 15) is 23.1 Å². The number of hydrogen-bond donors (Lipinski definition) is 4. The normalized spacial score (nSPS) is 15.9. The van der Waals surface area contributed by atoms with Crippen molar-refractivity contribution in [2.75, 3.05) is 44.5 Å². The van der Waals surface area contributed by atoms with Gasteiger partial charge in [-0.2, -0.15) is 0 Å². The van der Waals surface area contributed by atoms with E-state index in [1.807, 2.05) is 91.9 Å². The molecule has 3 atom stereocenters. The number of nitrogens with one attached hydrogen (secondary N) is 3. The number of nitrogens with zero attached hydrogens (tertiary/aromatic N) is 1. The van der Waals surface area contributed by atoms with Crippen molar-refractivity contribution in [3.05, 3.63) is 131 Å². The third-order valence-electron chi connectivity index (χ3n) is 9.65. The van der Waals surface area contributed by atoms with Crippen LogP contribution in [0.15, 0.2) is 103 Å². The highest BCUT2D eigenvalue weighted by molar-refractivity contribution is 7.92. The molecule has 2 amide bonds. The monoisotopic (exact) mass is 728 g/mol. The number of hydrogen-bond acceptors (Lipinski definition) is 8. The average Bonchev–Trinajstić information content (AvgIpc) is 3.16. The summed E-state index contributed by atoms with van der Waals surface area (Å²) in [6.45, 7) is 3.08. The summed E-state index contributed by atoms with van der Waals surface area (Å²) in [6.07, 6.45) is 1.68. The third kappa shape index (κ3) is 9.77. The predicted octanol–water partition coefficient (Wildman–Crippen LogP) is 4.58. The van der Waals surface area contributed by atoms with Crippen LogP contribution in [0.3, 0.4) is 0 Å². The number of rotatable bonds is 15. The molecule has 4 aromatic carbocycles. The molecule has 0 aliphatic carbocycles. The lowest BCUT2D eigenvalue weighted by Crippen LogP contribution is -2.54. The summed E-state index contributed by atoms with van der Waals surface area (Å²) in [7, 11) is -0.742. The van der Waals surface area contributed by atoms with E-state index < -0.39 is 39.5 Å². The fourth-order valence-electron chi connectivity index (χ4n) is 6.40. The molecule has 5 rings (SSSR count). The van der Waals surface area contributed by atoms with Crippen molar-refractivity contribution in [2.24, 2.45) is 0 Å². The van der Waals surface area contributed by atoms with E-state index in [4.69, 9.17) is 9.47 Å². The van der Waals surface area contributed by atoms with E-state index in [2.05, 4.69) is 16.0 Å². The van der Waals surface area contributed by atoms with Crippen LogP contribution in [0.1, 0.15) is 63.2 Å². The van der Waals surface area contributed by atoms with Crippen molar-refractivity contribution in [1.29, 1.82) is 0 Å². The average molecular weight is 729 g/mol. The molecular formula is C40H48N4O7S. The largest absolute Gasteiger partial charge is 0.497 e. The number of aliphatic hydroxyl groups excluding tert-OH is 1. The second-order valence-corrected chi connectivity index (χ2v) is 15.3. The fourth-order valence-corrected chi connectivity index (χ4v) is 6.89. The lowest BCUT2D eigenvalue weighted by atomic mass is 9.82. The maximum absolute atomic E-state index is 14.1. The van der Waals surface area contributed by atoms with E-state index >= 15 is 0 Å².